The molecule has 1 saturated heterocycles. The van der Waals surface area contributed by atoms with Gasteiger partial charge in [0.25, 0.3) is 0 Å². The smallest absolute Gasteiger partial charge is 0.0581 e. The first-order valence-corrected chi connectivity index (χ1v) is 6.31. The van der Waals surface area contributed by atoms with Crippen molar-refractivity contribution in [1.29, 1.82) is 0 Å². The van der Waals surface area contributed by atoms with Crippen molar-refractivity contribution in [3.63, 3.8) is 0 Å². The molecule has 1 saturated carbocycles. The van der Waals surface area contributed by atoms with Gasteiger partial charge in [-0.2, -0.15) is 0 Å². The van der Waals surface area contributed by atoms with Gasteiger partial charge in [-0.1, -0.05) is 5.92 Å². The van der Waals surface area contributed by atoms with Crippen LogP contribution in [0.1, 0.15) is 33.1 Å². The molecule has 0 aromatic rings. The van der Waals surface area contributed by atoms with Gasteiger partial charge in [0.15, 0.2) is 0 Å². The molecule has 0 radical (unpaired) electrons. The molecule has 2 atom stereocenters. The van der Waals surface area contributed by atoms with E-state index in [4.69, 9.17) is 5.73 Å². The monoisotopic (exact) mass is 221 g/mol. The normalized spacial score (nSPS) is 34.8. The number of hydrogen-bond donors (Lipinski definition) is 2. The lowest BCUT2D eigenvalue weighted by Crippen LogP contribution is -2.53. The second-order valence-corrected chi connectivity index (χ2v) is 5.22. The zero-order valence-corrected chi connectivity index (χ0v) is 10.4. The second-order valence-electron chi connectivity index (χ2n) is 5.22. The molecule has 16 heavy (non-hydrogen) atoms. The molecule has 2 rings (SSSR count). The lowest BCUT2D eigenvalue weighted by Gasteiger charge is -2.28. The van der Waals surface area contributed by atoms with Gasteiger partial charge in [-0.3, -0.25) is 10.2 Å². The Morgan fingerprint density at radius 2 is 2.25 bits per heavy atom. The van der Waals surface area contributed by atoms with Crippen LogP contribution < -0.4 is 11.1 Å². The van der Waals surface area contributed by atoms with Gasteiger partial charge in [-0.15, -0.1) is 5.92 Å². The highest BCUT2D eigenvalue weighted by Gasteiger charge is 2.45. The third-order valence-corrected chi connectivity index (χ3v) is 3.87. The quantitative estimate of drug-likeness (QED) is 0.681. The number of rotatable bonds is 4. The van der Waals surface area contributed by atoms with Crippen molar-refractivity contribution < 1.29 is 0 Å². The molecule has 1 aliphatic carbocycles. The summed E-state index contributed by atoms with van der Waals surface area (Å²) >= 11 is 0. The SMILES string of the molecule is CC#CCNC1(CN)CC(C)N(C2CC2)C1. The van der Waals surface area contributed by atoms with Crippen LogP contribution in [0, 0.1) is 11.8 Å². The first-order chi connectivity index (χ1) is 7.71. The molecule has 2 unspecified atom stereocenters. The largest absolute Gasteiger partial charge is 0.329 e. The number of nitrogens with zero attached hydrogens (tertiary/aromatic N) is 1. The standard InChI is InChI=1S/C13H23N3/c1-3-4-7-15-13(9-14)8-11(2)16(10-13)12-5-6-12/h11-12,15H,5-10,14H2,1-2H3. The molecule has 3 heteroatoms. The first kappa shape index (κ1) is 11.9. The third kappa shape index (κ3) is 2.40. The Morgan fingerprint density at radius 1 is 1.50 bits per heavy atom. The van der Waals surface area contributed by atoms with Crippen molar-refractivity contribution in [2.45, 2.75) is 50.7 Å². The summed E-state index contributed by atoms with van der Waals surface area (Å²) in [5.74, 6) is 6.00. The van der Waals surface area contributed by atoms with Gasteiger partial charge in [0.1, 0.15) is 0 Å². The summed E-state index contributed by atoms with van der Waals surface area (Å²) in [7, 11) is 0. The van der Waals surface area contributed by atoms with Crippen LogP contribution in [0.3, 0.4) is 0 Å². The molecule has 1 heterocycles. The summed E-state index contributed by atoms with van der Waals surface area (Å²) in [5, 5.41) is 3.55. The summed E-state index contributed by atoms with van der Waals surface area (Å²) in [6, 6.07) is 1.50. The van der Waals surface area contributed by atoms with E-state index in [1.54, 1.807) is 0 Å². The van der Waals surface area contributed by atoms with Gasteiger partial charge < -0.3 is 5.73 Å². The molecule has 0 aromatic heterocycles. The first-order valence-electron chi connectivity index (χ1n) is 6.31. The topological polar surface area (TPSA) is 41.3 Å². The second kappa shape index (κ2) is 4.75. The molecule has 3 nitrogen and oxygen atoms in total. The van der Waals surface area contributed by atoms with Crippen molar-refractivity contribution >= 4 is 0 Å². The van der Waals surface area contributed by atoms with E-state index in [9.17, 15) is 0 Å². The predicted molar refractivity (Wildman–Crippen MR) is 67.0 cm³/mol. The van der Waals surface area contributed by atoms with Crippen molar-refractivity contribution in [3.05, 3.63) is 0 Å². The number of hydrogen-bond acceptors (Lipinski definition) is 3. The van der Waals surface area contributed by atoms with Crippen molar-refractivity contribution in [3.8, 4) is 11.8 Å². The Balaban J connectivity index is 1.95. The molecule has 0 bridgehead atoms. The predicted octanol–water partition coefficient (Wildman–Crippen LogP) is 0.553. The lowest BCUT2D eigenvalue weighted by atomic mass is 9.96. The minimum atomic E-state index is 0.103. The van der Waals surface area contributed by atoms with Crippen LogP contribution >= 0.6 is 0 Å². The maximum absolute atomic E-state index is 5.96. The molecule has 0 aromatic carbocycles. The van der Waals surface area contributed by atoms with E-state index >= 15 is 0 Å². The van der Waals surface area contributed by atoms with E-state index in [1.165, 1.54) is 12.8 Å². The Hall–Kier alpha value is -0.560. The van der Waals surface area contributed by atoms with Gasteiger partial charge in [-0.05, 0) is 33.1 Å². The van der Waals surface area contributed by atoms with Gasteiger partial charge in [0, 0.05) is 30.7 Å². The fraction of sp³-hybridized carbons (Fsp3) is 0.846. The molecule has 1 aliphatic heterocycles. The lowest BCUT2D eigenvalue weighted by molar-refractivity contribution is 0.243. The van der Waals surface area contributed by atoms with E-state index in [2.05, 4.69) is 29.0 Å². The van der Waals surface area contributed by atoms with E-state index < -0.39 is 0 Å². The Kier molecular flexibility index (Phi) is 3.53. The van der Waals surface area contributed by atoms with Crippen LogP contribution in [0.25, 0.3) is 0 Å². The summed E-state index contributed by atoms with van der Waals surface area (Å²) in [4.78, 5) is 2.62. The van der Waals surface area contributed by atoms with Crippen LogP contribution in [-0.2, 0) is 0 Å². The zero-order valence-electron chi connectivity index (χ0n) is 10.4. The molecule has 0 spiro atoms. The maximum atomic E-state index is 5.96. The van der Waals surface area contributed by atoms with Crippen molar-refractivity contribution in [2.24, 2.45) is 5.73 Å². The van der Waals surface area contributed by atoms with Gasteiger partial charge >= 0.3 is 0 Å². The average molecular weight is 221 g/mol. The summed E-state index contributed by atoms with van der Waals surface area (Å²) in [6.07, 6.45) is 3.91. The fourth-order valence-electron chi connectivity index (χ4n) is 2.82. The average Bonchev–Trinajstić information content (AvgIpc) is 3.05. The minimum Gasteiger partial charge on any atom is -0.329 e. The van der Waals surface area contributed by atoms with Crippen LogP contribution in [0.15, 0.2) is 0 Å². The molecular weight excluding hydrogens is 198 g/mol. The summed E-state index contributed by atoms with van der Waals surface area (Å²) in [6.45, 7) is 6.78. The number of nitrogens with one attached hydrogen (secondary N) is 1. The molecule has 0 amide bonds. The molecular formula is C13H23N3. The van der Waals surface area contributed by atoms with Crippen LogP contribution in [-0.4, -0.2) is 42.2 Å². The molecule has 3 N–H and O–H groups in total. The highest BCUT2D eigenvalue weighted by atomic mass is 15.3. The van der Waals surface area contributed by atoms with E-state index in [0.717, 1.165) is 25.6 Å². The van der Waals surface area contributed by atoms with E-state index in [0.29, 0.717) is 12.6 Å². The van der Waals surface area contributed by atoms with Gasteiger partial charge in [0.05, 0.1) is 6.54 Å². The third-order valence-electron chi connectivity index (χ3n) is 3.87. The summed E-state index contributed by atoms with van der Waals surface area (Å²) in [5.41, 5.74) is 6.06. The fourth-order valence-corrected chi connectivity index (χ4v) is 2.82. The van der Waals surface area contributed by atoms with Crippen LogP contribution in [0.4, 0.5) is 0 Å². The van der Waals surface area contributed by atoms with E-state index in [1.807, 2.05) is 6.92 Å². The molecule has 90 valence electrons. The van der Waals surface area contributed by atoms with Gasteiger partial charge in [0.2, 0.25) is 0 Å². The number of nitrogens with two attached hydrogens (primary N) is 1. The van der Waals surface area contributed by atoms with Crippen LogP contribution in [0.5, 0.6) is 0 Å². The Bertz CT molecular complexity index is 300. The van der Waals surface area contributed by atoms with Gasteiger partial charge in [-0.25, -0.2) is 0 Å². The maximum Gasteiger partial charge on any atom is 0.0581 e. The molecule has 2 aliphatic rings. The van der Waals surface area contributed by atoms with E-state index in [-0.39, 0.29) is 5.54 Å². The minimum absolute atomic E-state index is 0.103. The Morgan fingerprint density at radius 3 is 2.81 bits per heavy atom. The van der Waals surface area contributed by atoms with Crippen molar-refractivity contribution in [2.75, 3.05) is 19.6 Å². The highest BCUT2D eigenvalue weighted by molar-refractivity contribution is 5.08. The number of likely N-dealkylation sites (tertiary alicyclic amines) is 1. The highest BCUT2D eigenvalue weighted by Crippen LogP contribution is 2.36. The van der Waals surface area contributed by atoms with Crippen LogP contribution in [0.2, 0.25) is 0 Å². The molecule has 2 fully saturated rings. The van der Waals surface area contributed by atoms with Crippen molar-refractivity contribution in [1.82, 2.24) is 10.2 Å². The Labute approximate surface area is 98.8 Å². The summed E-state index contributed by atoms with van der Waals surface area (Å²) < 4.78 is 0. The zero-order chi connectivity index (χ0) is 11.6.